The van der Waals surface area contributed by atoms with E-state index in [2.05, 4.69) is 41.7 Å². The standard InChI is InChI=1S/C19H19N9O/c1-12(25-27(3)19(29)20-2)16-10-22-17-18(23-16)28(26-24-17)11-13-6-7-15-14(9-13)5-4-8-21-15/h4-10H,11H2,1-3H3,(H,20,29)/b25-12-. The number of aromatic nitrogens is 6. The van der Waals surface area contributed by atoms with E-state index in [1.54, 1.807) is 38.1 Å². The zero-order valence-electron chi connectivity index (χ0n) is 16.2. The van der Waals surface area contributed by atoms with Gasteiger partial charge in [-0.2, -0.15) is 5.10 Å². The third kappa shape index (κ3) is 3.72. The van der Waals surface area contributed by atoms with Gasteiger partial charge in [0, 0.05) is 25.7 Å². The molecule has 4 aromatic rings. The molecule has 1 N–H and O–H groups in total. The second-order valence-corrected chi connectivity index (χ2v) is 6.44. The number of urea groups is 1. The molecule has 0 radical (unpaired) electrons. The SMILES string of the molecule is CNC(=O)N(C)/N=C(/C)c1cnc2nnn(Cc3ccc4ncccc4c3)c2n1. The Balaban J connectivity index is 1.66. The zero-order valence-corrected chi connectivity index (χ0v) is 16.2. The molecule has 146 valence electrons. The molecule has 0 aliphatic heterocycles. The van der Waals surface area contributed by atoms with Crippen molar-refractivity contribution in [1.29, 1.82) is 0 Å². The third-order valence-corrected chi connectivity index (χ3v) is 4.41. The molecule has 0 bridgehead atoms. The van der Waals surface area contributed by atoms with Crippen molar-refractivity contribution in [2.75, 3.05) is 14.1 Å². The number of carbonyl (C=O) groups excluding carboxylic acids is 1. The molecule has 0 aliphatic rings. The van der Waals surface area contributed by atoms with E-state index < -0.39 is 0 Å². The van der Waals surface area contributed by atoms with Crippen LogP contribution in [0.4, 0.5) is 4.79 Å². The number of carbonyl (C=O) groups is 1. The van der Waals surface area contributed by atoms with Crippen LogP contribution >= 0.6 is 0 Å². The molecule has 3 aromatic heterocycles. The molecule has 0 saturated carbocycles. The molecule has 29 heavy (non-hydrogen) atoms. The van der Waals surface area contributed by atoms with Crippen LogP contribution in [0.5, 0.6) is 0 Å². The first-order valence-electron chi connectivity index (χ1n) is 8.96. The van der Waals surface area contributed by atoms with Gasteiger partial charge in [0.15, 0.2) is 5.65 Å². The Morgan fingerprint density at radius 1 is 1.28 bits per heavy atom. The highest BCUT2D eigenvalue weighted by Crippen LogP contribution is 2.16. The summed E-state index contributed by atoms with van der Waals surface area (Å²) in [6.07, 6.45) is 3.34. The lowest BCUT2D eigenvalue weighted by Crippen LogP contribution is -2.31. The maximum Gasteiger partial charge on any atom is 0.337 e. The lowest BCUT2D eigenvalue weighted by atomic mass is 10.1. The van der Waals surface area contributed by atoms with Gasteiger partial charge >= 0.3 is 6.03 Å². The fourth-order valence-corrected chi connectivity index (χ4v) is 2.92. The largest absolute Gasteiger partial charge is 0.340 e. The van der Waals surface area contributed by atoms with Crippen LogP contribution < -0.4 is 5.32 Å². The van der Waals surface area contributed by atoms with Gasteiger partial charge in [-0.1, -0.05) is 17.3 Å². The summed E-state index contributed by atoms with van der Waals surface area (Å²) in [5.74, 6) is 0. The fraction of sp³-hybridized carbons (Fsp3) is 0.211. The van der Waals surface area contributed by atoms with Gasteiger partial charge in [-0.3, -0.25) is 4.98 Å². The number of nitrogens with one attached hydrogen (secondary N) is 1. The normalized spacial score (nSPS) is 11.8. The maximum atomic E-state index is 11.6. The number of rotatable bonds is 4. The molecule has 0 aliphatic carbocycles. The Kier molecular flexibility index (Phi) is 4.82. The Morgan fingerprint density at radius 3 is 2.97 bits per heavy atom. The highest BCUT2D eigenvalue weighted by molar-refractivity contribution is 5.98. The Morgan fingerprint density at radius 2 is 2.14 bits per heavy atom. The van der Waals surface area contributed by atoms with Crippen molar-refractivity contribution in [3.8, 4) is 0 Å². The first kappa shape index (κ1) is 18.4. The fourth-order valence-electron chi connectivity index (χ4n) is 2.92. The van der Waals surface area contributed by atoms with E-state index in [4.69, 9.17) is 0 Å². The van der Waals surface area contributed by atoms with E-state index in [0.717, 1.165) is 16.5 Å². The highest BCUT2D eigenvalue weighted by atomic mass is 16.2. The van der Waals surface area contributed by atoms with Crippen molar-refractivity contribution in [1.82, 2.24) is 40.3 Å². The van der Waals surface area contributed by atoms with Crippen LogP contribution in [0.1, 0.15) is 18.2 Å². The van der Waals surface area contributed by atoms with Crippen LogP contribution in [0.15, 0.2) is 47.8 Å². The average molecular weight is 389 g/mol. The Bertz CT molecular complexity index is 1230. The average Bonchev–Trinajstić information content (AvgIpc) is 3.14. The summed E-state index contributed by atoms with van der Waals surface area (Å²) in [5.41, 5.74) is 4.08. The smallest absolute Gasteiger partial charge is 0.337 e. The predicted octanol–water partition coefficient (Wildman–Crippen LogP) is 1.81. The molecule has 2 amide bonds. The highest BCUT2D eigenvalue weighted by Gasteiger charge is 2.12. The van der Waals surface area contributed by atoms with Gasteiger partial charge in [0.2, 0.25) is 5.65 Å². The van der Waals surface area contributed by atoms with E-state index in [1.807, 2.05) is 24.3 Å². The maximum absolute atomic E-state index is 11.6. The summed E-state index contributed by atoms with van der Waals surface area (Å²) < 4.78 is 1.69. The summed E-state index contributed by atoms with van der Waals surface area (Å²) in [6.45, 7) is 2.26. The van der Waals surface area contributed by atoms with Crippen LogP contribution in [-0.4, -0.2) is 60.8 Å². The molecular weight excluding hydrogens is 370 g/mol. The van der Waals surface area contributed by atoms with Crippen molar-refractivity contribution in [2.24, 2.45) is 5.10 Å². The summed E-state index contributed by atoms with van der Waals surface area (Å²) in [6, 6.07) is 9.66. The van der Waals surface area contributed by atoms with Crippen molar-refractivity contribution in [3.05, 3.63) is 54.0 Å². The zero-order chi connectivity index (χ0) is 20.4. The van der Waals surface area contributed by atoms with E-state index in [-0.39, 0.29) is 6.03 Å². The minimum absolute atomic E-state index is 0.323. The monoisotopic (exact) mass is 389 g/mol. The van der Waals surface area contributed by atoms with Crippen LogP contribution in [0.25, 0.3) is 22.2 Å². The number of amides is 2. The van der Waals surface area contributed by atoms with Gasteiger partial charge in [0.1, 0.15) is 5.69 Å². The number of pyridine rings is 1. The van der Waals surface area contributed by atoms with Crippen LogP contribution in [0.3, 0.4) is 0 Å². The molecule has 3 heterocycles. The molecule has 0 fully saturated rings. The number of hydrazone groups is 1. The second kappa shape index (κ2) is 7.58. The summed E-state index contributed by atoms with van der Waals surface area (Å²) in [4.78, 5) is 24.9. The Hall–Kier alpha value is -3.95. The molecule has 4 rings (SSSR count). The third-order valence-electron chi connectivity index (χ3n) is 4.41. The number of benzene rings is 1. The van der Waals surface area contributed by atoms with E-state index in [9.17, 15) is 4.79 Å². The van der Waals surface area contributed by atoms with Crippen LogP contribution in [-0.2, 0) is 6.54 Å². The Labute approximate surface area is 166 Å². The van der Waals surface area contributed by atoms with Crippen molar-refractivity contribution in [2.45, 2.75) is 13.5 Å². The van der Waals surface area contributed by atoms with E-state index >= 15 is 0 Å². The van der Waals surface area contributed by atoms with Crippen LogP contribution in [0.2, 0.25) is 0 Å². The number of hydrogen-bond donors (Lipinski definition) is 1. The van der Waals surface area contributed by atoms with Gasteiger partial charge in [0.05, 0.1) is 24.0 Å². The first-order chi connectivity index (χ1) is 14.0. The van der Waals surface area contributed by atoms with E-state index in [0.29, 0.717) is 29.2 Å². The molecule has 10 nitrogen and oxygen atoms in total. The van der Waals surface area contributed by atoms with Gasteiger partial charge < -0.3 is 5.32 Å². The van der Waals surface area contributed by atoms with Crippen LogP contribution in [0, 0.1) is 0 Å². The van der Waals surface area contributed by atoms with Gasteiger partial charge in [-0.05, 0) is 30.7 Å². The molecule has 10 heteroatoms. The molecule has 1 aromatic carbocycles. The summed E-state index contributed by atoms with van der Waals surface area (Å²) >= 11 is 0. The molecule has 0 atom stereocenters. The first-order valence-corrected chi connectivity index (χ1v) is 8.96. The number of hydrogen-bond acceptors (Lipinski definition) is 7. The van der Waals surface area contributed by atoms with E-state index in [1.165, 1.54) is 5.01 Å². The minimum Gasteiger partial charge on any atom is -0.340 e. The number of fused-ring (bicyclic) bond motifs is 2. The van der Waals surface area contributed by atoms with Gasteiger partial charge in [-0.25, -0.2) is 24.5 Å². The lowest BCUT2D eigenvalue weighted by molar-refractivity contribution is 0.213. The summed E-state index contributed by atoms with van der Waals surface area (Å²) in [5, 5.41) is 17.3. The summed E-state index contributed by atoms with van der Waals surface area (Å²) in [7, 11) is 3.11. The molecular formula is C19H19N9O. The lowest BCUT2D eigenvalue weighted by Gasteiger charge is -2.11. The molecule has 0 saturated heterocycles. The van der Waals surface area contributed by atoms with Crippen molar-refractivity contribution < 1.29 is 4.79 Å². The van der Waals surface area contributed by atoms with Gasteiger partial charge in [-0.15, -0.1) is 5.10 Å². The van der Waals surface area contributed by atoms with Gasteiger partial charge in [0.25, 0.3) is 0 Å². The van der Waals surface area contributed by atoms with Crippen molar-refractivity contribution >= 4 is 33.9 Å². The topological polar surface area (TPSA) is 114 Å². The quantitative estimate of drug-likeness (QED) is 0.421. The molecule has 0 spiro atoms. The predicted molar refractivity (Wildman–Crippen MR) is 108 cm³/mol. The molecule has 0 unspecified atom stereocenters. The minimum atomic E-state index is -0.323. The second-order valence-electron chi connectivity index (χ2n) is 6.44. The van der Waals surface area contributed by atoms with Crippen molar-refractivity contribution in [3.63, 3.8) is 0 Å². The number of nitrogens with zero attached hydrogens (tertiary/aromatic N) is 8.